The molecule has 0 saturated heterocycles. The van der Waals surface area contributed by atoms with Crippen LogP contribution < -0.4 is 10.1 Å². The van der Waals surface area contributed by atoms with Crippen molar-refractivity contribution in [2.45, 2.75) is 19.8 Å². The van der Waals surface area contributed by atoms with Crippen molar-refractivity contribution in [3.63, 3.8) is 0 Å². The van der Waals surface area contributed by atoms with Crippen molar-refractivity contribution in [2.75, 3.05) is 12.4 Å². The number of rotatable bonds is 6. The van der Waals surface area contributed by atoms with Crippen LogP contribution in [0, 0.1) is 0 Å². The molecule has 2 aromatic heterocycles. The minimum Gasteiger partial charge on any atom is -0.496 e. The molecule has 9 heteroatoms. The number of nitrogens with one attached hydrogen (secondary N) is 2. The van der Waals surface area contributed by atoms with Crippen LogP contribution in [0.4, 0.5) is 5.95 Å². The van der Waals surface area contributed by atoms with Crippen LogP contribution in [0.25, 0.3) is 17.1 Å². The Hall–Kier alpha value is -3.65. The van der Waals surface area contributed by atoms with Gasteiger partial charge in [0.25, 0.3) is 5.91 Å². The molecular formula is C22H21ClN6O2. The van der Waals surface area contributed by atoms with E-state index in [1.165, 1.54) is 0 Å². The van der Waals surface area contributed by atoms with Crippen molar-refractivity contribution >= 4 is 23.5 Å². The van der Waals surface area contributed by atoms with Gasteiger partial charge in [0.15, 0.2) is 5.82 Å². The minimum absolute atomic E-state index is 0.0403. The van der Waals surface area contributed by atoms with E-state index < -0.39 is 0 Å². The molecule has 31 heavy (non-hydrogen) atoms. The van der Waals surface area contributed by atoms with Crippen LogP contribution >= 0.6 is 11.6 Å². The summed E-state index contributed by atoms with van der Waals surface area (Å²) in [5, 5.41) is 14.7. The predicted octanol–water partition coefficient (Wildman–Crippen LogP) is 4.70. The van der Waals surface area contributed by atoms with Gasteiger partial charge in [-0.3, -0.25) is 15.2 Å². The maximum atomic E-state index is 13.0. The molecule has 158 valence electrons. The third kappa shape index (κ3) is 4.15. The summed E-state index contributed by atoms with van der Waals surface area (Å²) >= 11 is 6.13. The van der Waals surface area contributed by atoms with Gasteiger partial charge in [-0.1, -0.05) is 43.6 Å². The number of para-hydroxylation sites is 1. The fourth-order valence-corrected chi connectivity index (χ4v) is 3.53. The number of H-pyrrole nitrogens is 1. The first kappa shape index (κ1) is 20.6. The number of carbonyl (C=O) groups is 1. The van der Waals surface area contributed by atoms with Crippen molar-refractivity contribution in [1.82, 2.24) is 25.0 Å². The second-order valence-electron chi connectivity index (χ2n) is 7.15. The van der Waals surface area contributed by atoms with Crippen molar-refractivity contribution < 1.29 is 9.53 Å². The molecule has 0 aliphatic heterocycles. The molecule has 0 bridgehead atoms. The van der Waals surface area contributed by atoms with Gasteiger partial charge < -0.3 is 4.74 Å². The first-order valence-electron chi connectivity index (χ1n) is 9.69. The summed E-state index contributed by atoms with van der Waals surface area (Å²) in [5.41, 5.74) is 2.74. The summed E-state index contributed by atoms with van der Waals surface area (Å²) in [6.45, 7) is 4.00. The summed E-state index contributed by atoms with van der Waals surface area (Å²) in [6.07, 6.45) is 1.54. The lowest BCUT2D eigenvalue weighted by Gasteiger charge is -2.12. The van der Waals surface area contributed by atoms with E-state index in [1.54, 1.807) is 30.1 Å². The lowest BCUT2D eigenvalue weighted by molar-refractivity contribution is 0.102. The zero-order chi connectivity index (χ0) is 22.0. The molecular weight excluding hydrogens is 416 g/mol. The van der Waals surface area contributed by atoms with E-state index in [2.05, 4.69) is 25.6 Å². The number of aromatic nitrogens is 5. The van der Waals surface area contributed by atoms with E-state index in [4.69, 9.17) is 16.3 Å². The van der Waals surface area contributed by atoms with Gasteiger partial charge in [0, 0.05) is 5.02 Å². The summed E-state index contributed by atoms with van der Waals surface area (Å²) in [5.74, 6) is 1.00. The predicted molar refractivity (Wildman–Crippen MR) is 119 cm³/mol. The van der Waals surface area contributed by atoms with Crippen LogP contribution in [0.15, 0.2) is 54.7 Å². The van der Waals surface area contributed by atoms with Crippen molar-refractivity contribution in [3.8, 4) is 22.8 Å². The molecule has 4 rings (SSSR count). The molecule has 1 amide bonds. The Bertz CT molecular complexity index is 1230. The molecule has 0 radical (unpaired) electrons. The average molecular weight is 437 g/mol. The zero-order valence-corrected chi connectivity index (χ0v) is 18.0. The van der Waals surface area contributed by atoms with E-state index >= 15 is 0 Å². The van der Waals surface area contributed by atoms with Gasteiger partial charge in [-0.2, -0.15) is 10.1 Å². The SMILES string of the molecule is COc1ccccc1-c1nc(NC(=O)c2cnn(-c3cccc(Cl)c3)c2C(C)C)n[nH]1. The van der Waals surface area contributed by atoms with Crippen LogP contribution in [0.5, 0.6) is 5.75 Å². The molecule has 0 atom stereocenters. The number of benzene rings is 2. The largest absolute Gasteiger partial charge is 0.496 e. The molecule has 0 unspecified atom stereocenters. The maximum Gasteiger partial charge on any atom is 0.261 e. The van der Waals surface area contributed by atoms with E-state index in [-0.39, 0.29) is 17.8 Å². The Balaban J connectivity index is 1.62. The summed E-state index contributed by atoms with van der Waals surface area (Å²) in [6, 6.07) is 14.8. The van der Waals surface area contributed by atoms with Gasteiger partial charge >= 0.3 is 0 Å². The first-order chi connectivity index (χ1) is 15.0. The Morgan fingerprint density at radius 2 is 2.00 bits per heavy atom. The second kappa shape index (κ2) is 8.61. The lowest BCUT2D eigenvalue weighted by Crippen LogP contribution is -2.16. The second-order valence-corrected chi connectivity index (χ2v) is 7.59. The van der Waals surface area contributed by atoms with Gasteiger partial charge in [0.1, 0.15) is 5.75 Å². The number of carbonyl (C=O) groups excluding carboxylic acids is 1. The average Bonchev–Trinajstić information content (AvgIpc) is 3.41. The molecule has 0 spiro atoms. The molecule has 8 nitrogen and oxygen atoms in total. The summed E-state index contributed by atoms with van der Waals surface area (Å²) < 4.78 is 7.09. The number of amides is 1. The number of hydrogen-bond acceptors (Lipinski definition) is 5. The van der Waals surface area contributed by atoms with Crippen LogP contribution in [-0.2, 0) is 0 Å². The monoisotopic (exact) mass is 436 g/mol. The van der Waals surface area contributed by atoms with Gasteiger partial charge in [-0.25, -0.2) is 4.68 Å². The fraction of sp³-hybridized carbons (Fsp3) is 0.182. The lowest BCUT2D eigenvalue weighted by atomic mass is 10.1. The Morgan fingerprint density at radius 1 is 1.19 bits per heavy atom. The van der Waals surface area contributed by atoms with Gasteiger partial charge in [-0.05, 0) is 36.2 Å². The Labute approximate surface area is 184 Å². The Morgan fingerprint density at radius 3 is 2.74 bits per heavy atom. The molecule has 4 aromatic rings. The molecule has 0 fully saturated rings. The highest BCUT2D eigenvalue weighted by Gasteiger charge is 2.22. The number of halogens is 1. The van der Waals surface area contributed by atoms with Gasteiger partial charge in [-0.15, -0.1) is 5.10 Å². The minimum atomic E-state index is -0.345. The first-order valence-corrected chi connectivity index (χ1v) is 10.1. The highest BCUT2D eigenvalue weighted by atomic mass is 35.5. The highest BCUT2D eigenvalue weighted by Crippen LogP contribution is 2.28. The number of hydrogen-bond donors (Lipinski definition) is 2. The van der Waals surface area contributed by atoms with Crippen molar-refractivity contribution in [2.24, 2.45) is 0 Å². The summed E-state index contributed by atoms with van der Waals surface area (Å²) in [7, 11) is 1.59. The third-order valence-electron chi connectivity index (χ3n) is 4.72. The smallest absolute Gasteiger partial charge is 0.261 e. The molecule has 2 heterocycles. The Kier molecular flexibility index (Phi) is 5.73. The number of anilines is 1. The standard InChI is InChI=1S/C22H21ClN6O2/c1-13(2)19-17(12-24-29(19)15-8-6-7-14(23)11-15)21(30)26-22-25-20(27-28-22)16-9-4-5-10-18(16)31-3/h4-13H,1-3H3,(H2,25,26,27,28,30). The zero-order valence-electron chi connectivity index (χ0n) is 17.3. The maximum absolute atomic E-state index is 13.0. The van der Waals surface area contributed by atoms with E-state index in [0.29, 0.717) is 22.2 Å². The van der Waals surface area contributed by atoms with E-state index in [1.807, 2.05) is 50.2 Å². The quantitative estimate of drug-likeness (QED) is 0.456. The number of methoxy groups -OCH3 is 1. The molecule has 0 aliphatic rings. The number of aromatic amines is 1. The highest BCUT2D eigenvalue weighted by molar-refractivity contribution is 6.30. The number of nitrogens with zero attached hydrogens (tertiary/aromatic N) is 4. The van der Waals surface area contributed by atoms with Gasteiger partial charge in [0.2, 0.25) is 5.95 Å². The molecule has 0 saturated carbocycles. The molecule has 2 aromatic carbocycles. The van der Waals surface area contributed by atoms with Crippen LogP contribution in [0.3, 0.4) is 0 Å². The number of ether oxygens (including phenoxy) is 1. The fourth-order valence-electron chi connectivity index (χ4n) is 3.35. The molecule has 2 N–H and O–H groups in total. The van der Waals surface area contributed by atoms with Crippen molar-refractivity contribution in [3.05, 3.63) is 71.0 Å². The molecule has 0 aliphatic carbocycles. The van der Waals surface area contributed by atoms with Crippen LogP contribution in [-0.4, -0.2) is 38.0 Å². The topological polar surface area (TPSA) is 97.7 Å². The normalized spacial score (nSPS) is 11.0. The van der Waals surface area contributed by atoms with Crippen molar-refractivity contribution in [1.29, 1.82) is 0 Å². The van der Waals surface area contributed by atoms with E-state index in [0.717, 1.165) is 16.9 Å². The van der Waals surface area contributed by atoms with E-state index in [9.17, 15) is 4.79 Å². The van der Waals surface area contributed by atoms with Gasteiger partial charge in [0.05, 0.1) is 35.8 Å². The third-order valence-corrected chi connectivity index (χ3v) is 4.96. The van der Waals surface area contributed by atoms with Crippen LogP contribution in [0.2, 0.25) is 5.02 Å². The van der Waals surface area contributed by atoms with Crippen LogP contribution in [0.1, 0.15) is 35.8 Å². The summed E-state index contributed by atoms with van der Waals surface area (Å²) in [4.78, 5) is 17.4.